The summed E-state index contributed by atoms with van der Waals surface area (Å²) in [5.74, 6) is -2.18. The van der Waals surface area contributed by atoms with Crippen LogP contribution in [0.3, 0.4) is 0 Å². The van der Waals surface area contributed by atoms with Gasteiger partial charge in [0.15, 0.2) is 5.82 Å². The molecule has 5 aliphatic rings. The molecule has 218 valence electrons. The van der Waals surface area contributed by atoms with E-state index in [0.717, 1.165) is 25.8 Å². The Morgan fingerprint density at radius 3 is 2.68 bits per heavy atom. The van der Waals surface area contributed by atoms with Gasteiger partial charge < -0.3 is 30.2 Å². The standard InChI is InChI=1S/C27H27F5N6O3/c1-11-18(27(30,31)32)14(5-15(33)19(11)28)21-20(29)22-17-23(37-25(36-22)40-10-26-6-13(7-26)39-9-26)38-4-3-34-8-16(38)12(2)41-24(17)35-21/h5,12-13,16,34H,3-4,6-10,33H2,1-2H3. The molecule has 8 rings (SSSR count). The summed E-state index contributed by atoms with van der Waals surface area (Å²) < 4.78 is 91.5. The number of hydrogen-bond donors (Lipinski definition) is 2. The van der Waals surface area contributed by atoms with Crippen molar-refractivity contribution in [3.63, 3.8) is 0 Å². The van der Waals surface area contributed by atoms with Gasteiger partial charge in [-0.25, -0.2) is 13.8 Å². The summed E-state index contributed by atoms with van der Waals surface area (Å²) in [5, 5.41) is 3.43. The molecule has 3 saturated heterocycles. The van der Waals surface area contributed by atoms with Crippen LogP contribution < -0.4 is 25.4 Å². The smallest absolute Gasteiger partial charge is 0.417 e. The van der Waals surface area contributed by atoms with Gasteiger partial charge in [-0.2, -0.15) is 23.1 Å². The van der Waals surface area contributed by atoms with Crippen LogP contribution in [0, 0.1) is 24.0 Å². The number of pyridine rings is 1. The lowest BCUT2D eigenvalue weighted by atomic mass is 9.71. The fourth-order valence-electron chi connectivity index (χ4n) is 6.49. The zero-order valence-corrected chi connectivity index (χ0v) is 22.2. The molecule has 2 bridgehead atoms. The van der Waals surface area contributed by atoms with Gasteiger partial charge >= 0.3 is 12.2 Å². The highest BCUT2D eigenvalue weighted by Crippen LogP contribution is 2.50. The van der Waals surface area contributed by atoms with Crippen LogP contribution in [0.1, 0.15) is 30.9 Å². The van der Waals surface area contributed by atoms with Crippen molar-refractivity contribution in [3.05, 3.63) is 28.8 Å². The topological polar surface area (TPSA) is 108 Å². The minimum absolute atomic E-state index is 0.114. The fourth-order valence-corrected chi connectivity index (χ4v) is 6.49. The van der Waals surface area contributed by atoms with Crippen molar-refractivity contribution >= 4 is 22.4 Å². The van der Waals surface area contributed by atoms with Crippen LogP contribution >= 0.6 is 0 Å². The van der Waals surface area contributed by atoms with Crippen LogP contribution in [0.25, 0.3) is 22.2 Å². The minimum Gasteiger partial charge on any atom is -0.472 e. The third-order valence-corrected chi connectivity index (χ3v) is 8.63. The number of halogens is 5. The summed E-state index contributed by atoms with van der Waals surface area (Å²) in [6, 6.07) is 0.393. The number of anilines is 2. The zero-order chi connectivity index (χ0) is 28.8. The van der Waals surface area contributed by atoms with Gasteiger partial charge in [0.1, 0.15) is 34.3 Å². The normalized spacial score (nSPS) is 26.8. The molecule has 0 radical (unpaired) electrons. The molecule has 14 heteroatoms. The molecule has 4 fully saturated rings. The van der Waals surface area contributed by atoms with Crippen molar-refractivity contribution in [2.75, 3.05) is 43.5 Å². The molecule has 1 saturated carbocycles. The van der Waals surface area contributed by atoms with Gasteiger partial charge in [0.2, 0.25) is 5.88 Å². The van der Waals surface area contributed by atoms with Gasteiger partial charge in [0, 0.05) is 30.6 Å². The first-order valence-corrected chi connectivity index (χ1v) is 13.4. The van der Waals surface area contributed by atoms with Gasteiger partial charge in [0.25, 0.3) is 0 Å². The summed E-state index contributed by atoms with van der Waals surface area (Å²) in [7, 11) is 0. The van der Waals surface area contributed by atoms with Gasteiger partial charge in [-0.15, -0.1) is 0 Å². The van der Waals surface area contributed by atoms with Crippen LogP contribution in [0.2, 0.25) is 0 Å². The maximum Gasteiger partial charge on any atom is 0.417 e. The fraction of sp³-hybridized carbons (Fsp3) is 0.519. The number of nitrogens with two attached hydrogens (primary N) is 1. The molecule has 3 aromatic rings. The van der Waals surface area contributed by atoms with Gasteiger partial charge in [-0.3, -0.25) is 0 Å². The monoisotopic (exact) mass is 578 g/mol. The van der Waals surface area contributed by atoms with E-state index >= 15 is 4.39 Å². The van der Waals surface area contributed by atoms with Crippen molar-refractivity contribution in [1.29, 1.82) is 0 Å². The molecule has 2 atom stereocenters. The van der Waals surface area contributed by atoms with Gasteiger partial charge in [-0.05, 0) is 38.3 Å². The van der Waals surface area contributed by atoms with Crippen molar-refractivity contribution < 1.29 is 36.2 Å². The number of alkyl halides is 3. The second-order valence-electron chi connectivity index (χ2n) is 11.4. The van der Waals surface area contributed by atoms with Crippen molar-refractivity contribution in [3.8, 4) is 23.1 Å². The Morgan fingerprint density at radius 2 is 1.98 bits per heavy atom. The lowest BCUT2D eigenvalue weighted by molar-refractivity contribution is -0.137. The summed E-state index contributed by atoms with van der Waals surface area (Å²) in [5.41, 5.74) is 1.11. The average Bonchev–Trinajstić information content (AvgIpc) is 3.49. The van der Waals surface area contributed by atoms with Crippen molar-refractivity contribution in [1.82, 2.24) is 20.3 Å². The van der Waals surface area contributed by atoms with E-state index in [1.807, 2.05) is 4.90 Å². The van der Waals surface area contributed by atoms with Crippen LogP contribution in [-0.4, -0.2) is 66.0 Å². The third kappa shape index (κ3) is 4.05. The predicted octanol–water partition coefficient (Wildman–Crippen LogP) is 4.00. The van der Waals surface area contributed by atoms with Crippen LogP contribution in [0.4, 0.5) is 33.5 Å². The second kappa shape index (κ2) is 8.99. The Kier molecular flexibility index (Phi) is 5.78. The van der Waals surface area contributed by atoms with E-state index < -0.39 is 52.0 Å². The predicted molar refractivity (Wildman–Crippen MR) is 138 cm³/mol. The number of nitrogens with one attached hydrogen (secondary N) is 1. The molecule has 0 amide bonds. The second-order valence-corrected chi connectivity index (χ2v) is 11.4. The van der Waals surface area contributed by atoms with E-state index in [0.29, 0.717) is 32.1 Å². The largest absolute Gasteiger partial charge is 0.472 e. The lowest BCUT2D eigenvalue weighted by Crippen LogP contribution is -2.56. The van der Waals surface area contributed by atoms with Gasteiger partial charge in [-0.1, -0.05) is 0 Å². The number of benzene rings is 1. The molecule has 9 nitrogen and oxygen atoms in total. The van der Waals surface area contributed by atoms with E-state index in [1.54, 1.807) is 6.92 Å². The SMILES string of the molecule is Cc1c(F)c(N)cc(-c2nc3c4c(nc(OCC56COC(C5)C6)nc4c2F)N2CCNCC2C(C)O3)c1C(F)(F)F. The Bertz CT molecular complexity index is 1570. The number of piperazine rings is 1. The Morgan fingerprint density at radius 1 is 1.20 bits per heavy atom. The molecule has 1 aromatic carbocycles. The average molecular weight is 579 g/mol. The number of hydrogen-bond acceptors (Lipinski definition) is 9. The Hall–Kier alpha value is -3.52. The van der Waals surface area contributed by atoms with E-state index in [-0.39, 0.29) is 47.0 Å². The highest BCUT2D eigenvalue weighted by molar-refractivity contribution is 5.97. The first kappa shape index (κ1) is 26.4. The summed E-state index contributed by atoms with van der Waals surface area (Å²) in [6.07, 6.45) is -3.63. The molecular weight excluding hydrogens is 551 g/mol. The Balaban J connectivity index is 1.45. The number of fused-ring (bicyclic) bond motifs is 3. The van der Waals surface area contributed by atoms with E-state index in [2.05, 4.69) is 20.3 Å². The highest BCUT2D eigenvalue weighted by atomic mass is 19.4. The van der Waals surface area contributed by atoms with Crippen LogP contribution in [-0.2, 0) is 10.9 Å². The van der Waals surface area contributed by atoms with E-state index in [1.165, 1.54) is 0 Å². The molecule has 6 heterocycles. The third-order valence-electron chi connectivity index (χ3n) is 8.63. The van der Waals surface area contributed by atoms with Gasteiger partial charge in [0.05, 0.1) is 36.6 Å². The molecule has 3 N–H and O–H groups in total. The Labute approximate surface area is 231 Å². The summed E-state index contributed by atoms with van der Waals surface area (Å²) >= 11 is 0. The molecule has 0 spiro atoms. The molecule has 1 aliphatic carbocycles. The highest BCUT2D eigenvalue weighted by Gasteiger charge is 2.52. The number of nitrogen functional groups attached to an aromatic ring is 1. The molecule has 2 aromatic heterocycles. The van der Waals surface area contributed by atoms with E-state index in [4.69, 9.17) is 19.9 Å². The first-order valence-electron chi connectivity index (χ1n) is 13.4. The summed E-state index contributed by atoms with van der Waals surface area (Å²) in [4.78, 5) is 15.2. The molecule has 41 heavy (non-hydrogen) atoms. The molecule has 4 aliphatic heterocycles. The van der Waals surface area contributed by atoms with Crippen LogP contribution in [0.15, 0.2) is 6.07 Å². The number of ether oxygens (including phenoxy) is 3. The summed E-state index contributed by atoms with van der Waals surface area (Å²) in [6.45, 7) is 5.20. The maximum absolute atomic E-state index is 16.4. The molecule has 2 unspecified atom stereocenters. The van der Waals surface area contributed by atoms with E-state index in [9.17, 15) is 17.6 Å². The number of aromatic nitrogens is 3. The van der Waals surface area contributed by atoms with Crippen molar-refractivity contribution in [2.24, 2.45) is 5.41 Å². The minimum atomic E-state index is -5.03. The van der Waals surface area contributed by atoms with Crippen LogP contribution in [0.5, 0.6) is 11.9 Å². The lowest BCUT2D eigenvalue weighted by Gasteiger charge is -2.38. The molecular formula is C27H27F5N6O3. The zero-order valence-electron chi connectivity index (χ0n) is 22.2. The first-order chi connectivity index (χ1) is 19.5. The van der Waals surface area contributed by atoms with Crippen molar-refractivity contribution in [2.45, 2.75) is 51.1 Å². The number of rotatable bonds is 4. The number of nitrogens with zero attached hydrogens (tertiary/aromatic N) is 4. The quantitative estimate of drug-likeness (QED) is 0.351. The maximum atomic E-state index is 16.4.